The molecule has 0 aliphatic heterocycles. The predicted octanol–water partition coefficient (Wildman–Crippen LogP) is 4.58. The summed E-state index contributed by atoms with van der Waals surface area (Å²) in [6.07, 6.45) is 5.40. The quantitative estimate of drug-likeness (QED) is 0.351. The first-order chi connectivity index (χ1) is 15.0. The summed E-state index contributed by atoms with van der Waals surface area (Å²) >= 11 is 0. The second kappa shape index (κ2) is 11.0. The van der Waals surface area contributed by atoms with E-state index in [0.717, 1.165) is 31.2 Å². The van der Waals surface area contributed by atoms with Crippen LogP contribution in [0.5, 0.6) is 0 Å². The molecule has 0 heterocycles. The number of hydrogen-bond acceptors (Lipinski definition) is 4. The Labute approximate surface area is 186 Å². The number of carbonyl (C=O) groups is 1. The van der Waals surface area contributed by atoms with E-state index in [1.807, 2.05) is 6.92 Å². The van der Waals surface area contributed by atoms with Crippen LogP contribution in [0.15, 0.2) is 36.4 Å². The van der Waals surface area contributed by atoms with Crippen molar-refractivity contribution in [2.75, 3.05) is 22.8 Å². The molecule has 0 bridgehead atoms. The Morgan fingerprint density at radius 1 is 1.12 bits per heavy atom. The van der Waals surface area contributed by atoms with E-state index in [-0.39, 0.29) is 5.56 Å². The standard InChI is InChI=1S/C22H26F3N3O3S/c1-4-5-10-26-20-13-17(23)8-6-15(20)7-9-21(29)27-14(2)16-11-18(24)22(19(25)12-16)28-32(3,30)31/h6-9,11-14,26,28H,4-5,10H2,1-3H3,(H,27,29). The van der Waals surface area contributed by atoms with Crippen LogP contribution in [0.3, 0.4) is 0 Å². The van der Waals surface area contributed by atoms with Gasteiger partial charge in [-0.15, -0.1) is 0 Å². The number of amides is 1. The van der Waals surface area contributed by atoms with E-state index < -0.39 is 45.1 Å². The molecule has 10 heteroatoms. The Morgan fingerprint density at radius 3 is 2.38 bits per heavy atom. The van der Waals surface area contributed by atoms with Gasteiger partial charge in [-0.3, -0.25) is 9.52 Å². The maximum atomic E-state index is 14.2. The maximum absolute atomic E-state index is 14.2. The summed E-state index contributed by atoms with van der Waals surface area (Å²) in [4.78, 5) is 12.3. The summed E-state index contributed by atoms with van der Waals surface area (Å²) in [5.74, 6) is -3.13. The molecule has 0 saturated heterocycles. The molecule has 2 aromatic rings. The summed E-state index contributed by atoms with van der Waals surface area (Å²) in [6, 6.07) is 5.28. The van der Waals surface area contributed by atoms with Gasteiger partial charge in [0, 0.05) is 18.3 Å². The molecular formula is C22H26F3N3O3S. The Bertz CT molecular complexity index is 1080. The summed E-state index contributed by atoms with van der Waals surface area (Å²) in [5, 5.41) is 5.70. The molecule has 0 radical (unpaired) electrons. The van der Waals surface area contributed by atoms with Crippen molar-refractivity contribution in [1.29, 1.82) is 0 Å². The SMILES string of the molecule is CCCCNc1cc(F)ccc1C=CC(=O)NC(C)c1cc(F)c(NS(C)(=O)=O)c(F)c1. The lowest BCUT2D eigenvalue weighted by molar-refractivity contribution is -0.117. The molecule has 0 aliphatic rings. The van der Waals surface area contributed by atoms with Crippen molar-refractivity contribution in [2.45, 2.75) is 32.7 Å². The monoisotopic (exact) mass is 469 g/mol. The fourth-order valence-electron chi connectivity index (χ4n) is 2.86. The van der Waals surface area contributed by atoms with E-state index in [0.29, 0.717) is 17.8 Å². The van der Waals surface area contributed by atoms with Gasteiger partial charge >= 0.3 is 0 Å². The lowest BCUT2D eigenvalue weighted by Gasteiger charge is -2.15. The van der Waals surface area contributed by atoms with Gasteiger partial charge in [-0.1, -0.05) is 13.3 Å². The lowest BCUT2D eigenvalue weighted by Crippen LogP contribution is -2.25. The first kappa shape index (κ1) is 25.3. The molecular weight excluding hydrogens is 443 g/mol. The van der Waals surface area contributed by atoms with E-state index in [4.69, 9.17) is 0 Å². The van der Waals surface area contributed by atoms with E-state index in [1.165, 1.54) is 37.3 Å². The zero-order valence-electron chi connectivity index (χ0n) is 18.0. The van der Waals surface area contributed by atoms with Crippen molar-refractivity contribution >= 4 is 33.4 Å². The van der Waals surface area contributed by atoms with E-state index >= 15 is 0 Å². The minimum absolute atomic E-state index is 0.115. The molecule has 6 nitrogen and oxygen atoms in total. The third-order valence-corrected chi connectivity index (χ3v) is 5.06. The van der Waals surface area contributed by atoms with Gasteiger partial charge in [-0.2, -0.15) is 0 Å². The smallest absolute Gasteiger partial charge is 0.244 e. The van der Waals surface area contributed by atoms with Gasteiger partial charge in [0.15, 0.2) is 11.6 Å². The van der Waals surface area contributed by atoms with Gasteiger partial charge in [0.1, 0.15) is 11.5 Å². The number of anilines is 2. The van der Waals surface area contributed by atoms with Gasteiger partial charge in [-0.05, 0) is 60.9 Å². The summed E-state index contributed by atoms with van der Waals surface area (Å²) in [5.41, 5.74) is 0.492. The Hall–Kier alpha value is -3.01. The number of nitrogens with one attached hydrogen (secondary N) is 3. The fourth-order valence-corrected chi connectivity index (χ4v) is 3.43. The van der Waals surface area contributed by atoms with E-state index in [1.54, 1.807) is 4.72 Å². The molecule has 0 saturated carbocycles. The fraction of sp³-hybridized carbons (Fsp3) is 0.318. The number of sulfonamides is 1. The minimum atomic E-state index is -3.86. The number of carbonyl (C=O) groups excluding carboxylic acids is 1. The van der Waals surface area contributed by atoms with Crippen LogP contribution >= 0.6 is 0 Å². The zero-order valence-corrected chi connectivity index (χ0v) is 18.8. The molecule has 0 spiro atoms. The largest absolute Gasteiger partial charge is 0.384 e. The summed E-state index contributed by atoms with van der Waals surface area (Å²) < 4.78 is 66.2. The average molecular weight is 470 g/mol. The topological polar surface area (TPSA) is 87.3 Å². The van der Waals surface area contributed by atoms with Crippen LogP contribution in [0.4, 0.5) is 24.5 Å². The van der Waals surface area contributed by atoms with Crippen molar-refractivity contribution in [1.82, 2.24) is 5.32 Å². The van der Waals surface area contributed by atoms with Gasteiger partial charge in [0.2, 0.25) is 15.9 Å². The lowest BCUT2D eigenvalue weighted by atomic mass is 10.1. The van der Waals surface area contributed by atoms with Crippen molar-refractivity contribution < 1.29 is 26.4 Å². The molecule has 1 atom stereocenters. The van der Waals surface area contributed by atoms with Crippen LogP contribution < -0.4 is 15.4 Å². The third kappa shape index (κ3) is 7.60. The van der Waals surface area contributed by atoms with Crippen molar-refractivity contribution in [3.05, 3.63) is 65.0 Å². The number of halogens is 3. The maximum Gasteiger partial charge on any atom is 0.244 e. The number of rotatable bonds is 10. The molecule has 0 aromatic heterocycles. The Morgan fingerprint density at radius 2 is 1.78 bits per heavy atom. The molecule has 2 aromatic carbocycles. The van der Waals surface area contributed by atoms with Gasteiger partial charge in [0.05, 0.1) is 12.3 Å². The van der Waals surface area contributed by atoms with Crippen LogP contribution in [-0.2, 0) is 14.8 Å². The molecule has 174 valence electrons. The van der Waals surface area contributed by atoms with E-state index in [9.17, 15) is 26.4 Å². The molecule has 3 N–H and O–H groups in total. The van der Waals surface area contributed by atoms with Crippen LogP contribution in [0.25, 0.3) is 6.08 Å². The van der Waals surface area contributed by atoms with Gasteiger partial charge in [-0.25, -0.2) is 21.6 Å². The molecule has 0 aliphatic carbocycles. The van der Waals surface area contributed by atoms with Gasteiger partial charge in [0.25, 0.3) is 0 Å². The second-order valence-corrected chi connectivity index (χ2v) is 9.06. The first-order valence-electron chi connectivity index (χ1n) is 9.99. The molecule has 2 rings (SSSR count). The number of hydrogen-bond donors (Lipinski definition) is 3. The number of unbranched alkanes of at least 4 members (excludes halogenated alkanes) is 1. The molecule has 1 unspecified atom stereocenters. The highest BCUT2D eigenvalue weighted by Crippen LogP contribution is 2.25. The summed E-state index contributed by atoms with van der Waals surface area (Å²) in [7, 11) is -3.86. The first-order valence-corrected chi connectivity index (χ1v) is 11.9. The highest BCUT2D eigenvalue weighted by atomic mass is 32.2. The third-order valence-electron chi connectivity index (χ3n) is 4.49. The van der Waals surface area contributed by atoms with Crippen molar-refractivity contribution in [2.24, 2.45) is 0 Å². The zero-order chi connectivity index (χ0) is 23.9. The van der Waals surface area contributed by atoms with Crippen LogP contribution in [0, 0.1) is 17.5 Å². The molecule has 32 heavy (non-hydrogen) atoms. The van der Waals surface area contributed by atoms with E-state index in [2.05, 4.69) is 10.6 Å². The Kier molecular flexibility index (Phi) is 8.71. The van der Waals surface area contributed by atoms with Crippen molar-refractivity contribution in [3.8, 4) is 0 Å². The highest BCUT2D eigenvalue weighted by molar-refractivity contribution is 7.92. The normalized spacial score (nSPS) is 12.6. The van der Waals surface area contributed by atoms with Crippen LogP contribution in [0.2, 0.25) is 0 Å². The van der Waals surface area contributed by atoms with Crippen LogP contribution in [0.1, 0.15) is 43.9 Å². The predicted molar refractivity (Wildman–Crippen MR) is 120 cm³/mol. The van der Waals surface area contributed by atoms with Gasteiger partial charge < -0.3 is 10.6 Å². The second-order valence-electron chi connectivity index (χ2n) is 7.31. The summed E-state index contributed by atoms with van der Waals surface area (Å²) in [6.45, 7) is 4.22. The highest BCUT2D eigenvalue weighted by Gasteiger charge is 2.18. The van der Waals surface area contributed by atoms with Crippen molar-refractivity contribution in [3.63, 3.8) is 0 Å². The Balaban J connectivity index is 2.11. The average Bonchev–Trinajstić information content (AvgIpc) is 2.69. The minimum Gasteiger partial charge on any atom is -0.384 e. The molecule has 1 amide bonds. The number of benzene rings is 2. The molecule has 0 fully saturated rings. The van der Waals surface area contributed by atoms with Crippen LogP contribution in [-0.4, -0.2) is 27.1 Å².